The number of nitrogens with zero attached hydrogens (tertiary/aromatic N) is 1. The average Bonchev–Trinajstić information content (AvgIpc) is 3.18. The van der Waals surface area contributed by atoms with Gasteiger partial charge in [0, 0.05) is 19.5 Å². The first-order valence-electron chi connectivity index (χ1n) is 9.21. The summed E-state index contributed by atoms with van der Waals surface area (Å²) in [6, 6.07) is 7.34. The molecular weight excluding hydrogens is 394 g/mol. The van der Waals surface area contributed by atoms with Crippen LogP contribution in [0.5, 0.6) is 11.5 Å². The largest absolute Gasteiger partial charge is 0.493 e. The number of methoxy groups -OCH3 is 2. The maximum atomic E-state index is 12.3. The van der Waals surface area contributed by atoms with Crippen molar-refractivity contribution in [1.29, 1.82) is 0 Å². The number of ether oxygens (including phenoxy) is 2. The molecule has 2 aromatic heterocycles. The number of amides is 1. The molecule has 1 aromatic carbocycles. The molecule has 0 saturated heterocycles. The lowest BCUT2D eigenvalue weighted by atomic mass is 10.1. The highest BCUT2D eigenvalue weighted by atomic mass is 32.1. The van der Waals surface area contributed by atoms with E-state index in [-0.39, 0.29) is 24.4 Å². The Morgan fingerprint density at radius 3 is 2.72 bits per heavy atom. The molecule has 0 bridgehead atoms. The number of thiophene rings is 1. The molecule has 154 valence electrons. The number of hydrogen-bond donors (Lipinski definition) is 2. The molecule has 9 heteroatoms. The van der Waals surface area contributed by atoms with Gasteiger partial charge in [0.2, 0.25) is 5.91 Å². The Morgan fingerprint density at radius 2 is 1.97 bits per heavy atom. The minimum atomic E-state index is -0.449. The maximum absolute atomic E-state index is 12.3. The summed E-state index contributed by atoms with van der Waals surface area (Å²) in [4.78, 5) is 39.1. The minimum Gasteiger partial charge on any atom is -0.493 e. The second kappa shape index (κ2) is 9.42. The van der Waals surface area contributed by atoms with Gasteiger partial charge in [-0.1, -0.05) is 6.07 Å². The second-order valence-corrected chi connectivity index (χ2v) is 7.36. The van der Waals surface area contributed by atoms with E-state index in [2.05, 4.69) is 10.3 Å². The highest BCUT2D eigenvalue weighted by Gasteiger charge is 2.10. The molecule has 1 amide bonds. The summed E-state index contributed by atoms with van der Waals surface area (Å²) in [7, 11) is 3.16. The van der Waals surface area contributed by atoms with Gasteiger partial charge in [0.15, 0.2) is 11.5 Å². The van der Waals surface area contributed by atoms with Crippen molar-refractivity contribution in [2.24, 2.45) is 0 Å². The molecule has 0 radical (unpaired) electrons. The lowest BCUT2D eigenvalue weighted by Crippen LogP contribution is -2.35. The summed E-state index contributed by atoms with van der Waals surface area (Å²) in [6.45, 7) is 0.682. The van der Waals surface area contributed by atoms with Crippen molar-refractivity contribution in [3.63, 3.8) is 0 Å². The van der Waals surface area contributed by atoms with Crippen LogP contribution < -0.4 is 26.0 Å². The van der Waals surface area contributed by atoms with Crippen LogP contribution in [0.25, 0.3) is 10.2 Å². The van der Waals surface area contributed by atoms with Crippen LogP contribution in [0.2, 0.25) is 0 Å². The Morgan fingerprint density at radius 1 is 1.17 bits per heavy atom. The normalized spacial score (nSPS) is 10.8. The number of benzene rings is 1. The summed E-state index contributed by atoms with van der Waals surface area (Å²) in [6.07, 6.45) is 1.29. The third-order valence-corrected chi connectivity index (χ3v) is 5.46. The first-order valence-corrected chi connectivity index (χ1v) is 10.1. The summed E-state index contributed by atoms with van der Waals surface area (Å²) in [5.74, 6) is 1.19. The molecule has 0 aliphatic rings. The van der Waals surface area contributed by atoms with Gasteiger partial charge in [0.25, 0.3) is 5.56 Å². The lowest BCUT2D eigenvalue weighted by Gasteiger charge is -2.10. The van der Waals surface area contributed by atoms with Gasteiger partial charge in [-0.2, -0.15) is 0 Å². The molecule has 2 heterocycles. The maximum Gasteiger partial charge on any atom is 0.328 e. The number of hydrogen-bond acceptors (Lipinski definition) is 6. The van der Waals surface area contributed by atoms with Crippen LogP contribution in [0.1, 0.15) is 18.4 Å². The molecule has 0 spiro atoms. The number of H-pyrrole nitrogens is 1. The molecule has 3 rings (SSSR count). The van der Waals surface area contributed by atoms with Crippen LogP contribution in [-0.4, -0.2) is 36.2 Å². The van der Waals surface area contributed by atoms with Crippen molar-refractivity contribution in [2.45, 2.75) is 25.8 Å². The molecule has 0 unspecified atom stereocenters. The van der Waals surface area contributed by atoms with Crippen molar-refractivity contribution in [3.8, 4) is 11.5 Å². The molecule has 0 fully saturated rings. The molecule has 0 saturated carbocycles. The van der Waals surface area contributed by atoms with Gasteiger partial charge in [0.1, 0.15) is 4.70 Å². The topological polar surface area (TPSA) is 102 Å². The van der Waals surface area contributed by atoms with Gasteiger partial charge in [-0.15, -0.1) is 11.3 Å². The van der Waals surface area contributed by atoms with E-state index in [1.807, 2.05) is 18.2 Å². The number of aromatic amines is 1. The van der Waals surface area contributed by atoms with E-state index in [4.69, 9.17) is 9.47 Å². The van der Waals surface area contributed by atoms with Crippen LogP contribution in [0, 0.1) is 0 Å². The van der Waals surface area contributed by atoms with Gasteiger partial charge in [0.05, 0.1) is 19.7 Å². The summed E-state index contributed by atoms with van der Waals surface area (Å²) >= 11 is 1.29. The van der Waals surface area contributed by atoms with Crippen molar-refractivity contribution < 1.29 is 14.3 Å². The zero-order chi connectivity index (χ0) is 20.8. The molecule has 0 aliphatic carbocycles. The molecule has 0 aliphatic heterocycles. The average molecular weight is 417 g/mol. The summed E-state index contributed by atoms with van der Waals surface area (Å²) < 4.78 is 12.1. The SMILES string of the molecule is COc1ccc(CCNC(=O)CCCn2c(=O)[nH]c3ccsc3c2=O)cc1OC. The van der Waals surface area contributed by atoms with E-state index in [0.717, 1.165) is 10.1 Å². The summed E-state index contributed by atoms with van der Waals surface area (Å²) in [5, 5.41) is 4.62. The van der Waals surface area contributed by atoms with Crippen LogP contribution in [0.15, 0.2) is 39.2 Å². The van der Waals surface area contributed by atoms with E-state index < -0.39 is 5.69 Å². The van der Waals surface area contributed by atoms with Gasteiger partial charge in [-0.05, 0) is 42.0 Å². The van der Waals surface area contributed by atoms with Crippen molar-refractivity contribution in [1.82, 2.24) is 14.9 Å². The highest BCUT2D eigenvalue weighted by molar-refractivity contribution is 7.17. The molecule has 2 N–H and O–H groups in total. The number of carbonyl (C=O) groups excluding carboxylic acids is 1. The van der Waals surface area contributed by atoms with E-state index >= 15 is 0 Å². The van der Waals surface area contributed by atoms with Crippen LogP contribution in [-0.2, 0) is 17.8 Å². The van der Waals surface area contributed by atoms with Crippen LogP contribution >= 0.6 is 11.3 Å². The Labute approximate surface area is 171 Å². The highest BCUT2D eigenvalue weighted by Crippen LogP contribution is 2.27. The Balaban J connectivity index is 1.47. The predicted molar refractivity (Wildman–Crippen MR) is 112 cm³/mol. The Bertz CT molecular complexity index is 1120. The van der Waals surface area contributed by atoms with Crippen molar-refractivity contribution >= 4 is 27.5 Å². The van der Waals surface area contributed by atoms with Gasteiger partial charge in [-0.25, -0.2) is 4.79 Å². The lowest BCUT2D eigenvalue weighted by molar-refractivity contribution is -0.121. The number of fused-ring (bicyclic) bond motifs is 1. The minimum absolute atomic E-state index is 0.118. The second-order valence-electron chi connectivity index (χ2n) is 6.44. The number of carbonyl (C=O) groups is 1. The number of nitrogens with one attached hydrogen (secondary N) is 2. The third-order valence-electron chi connectivity index (χ3n) is 4.56. The van der Waals surface area contributed by atoms with E-state index in [1.165, 1.54) is 11.3 Å². The fraction of sp³-hybridized carbons (Fsp3) is 0.350. The molecule has 29 heavy (non-hydrogen) atoms. The van der Waals surface area contributed by atoms with Gasteiger partial charge < -0.3 is 19.8 Å². The fourth-order valence-electron chi connectivity index (χ4n) is 3.04. The third kappa shape index (κ3) is 4.86. The zero-order valence-corrected chi connectivity index (χ0v) is 17.1. The van der Waals surface area contributed by atoms with E-state index in [0.29, 0.717) is 41.1 Å². The van der Waals surface area contributed by atoms with Gasteiger partial charge in [-0.3, -0.25) is 14.2 Å². The van der Waals surface area contributed by atoms with E-state index in [9.17, 15) is 14.4 Å². The van der Waals surface area contributed by atoms with E-state index in [1.54, 1.807) is 25.7 Å². The predicted octanol–water partition coefficient (Wildman–Crippen LogP) is 1.91. The molecule has 0 atom stereocenters. The first kappa shape index (κ1) is 20.7. The van der Waals surface area contributed by atoms with Crippen molar-refractivity contribution in [2.75, 3.05) is 20.8 Å². The summed E-state index contributed by atoms with van der Waals surface area (Å²) in [5.41, 5.74) is 0.807. The zero-order valence-electron chi connectivity index (χ0n) is 16.3. The number of aromatic nitrogens is 2. The first-order chi connectivity index (χ1) is 14.0. The smallest absolute Gasteiger partial charge is 0.328 e. The van der Waals surface area contributed by atoms with Crippen LogP contribution in [0.4, 0.5) is 0 Å². The Kier molecular flexibility index (Phi) is 6.71. The fourth-order valence-corrected chi connectivity index (χ4v) is 3.84. The van der Waals surface area contributed by atoms with Gasteiger partial charge >= 0.3 is 5.69 Å². The van der Waals surface area contributed by atoms with Crippen LogP contribution in [0.3, 0.4) is 0 Å². The molecular formula is C20H23N3O5S. The molecule has 8 nitrogen and oxygen atoms in total. The monoisotopic (exact) mass is 417 g/mol. The standard InChI is InChI=1S/C20H23N3O5S/c1-27-15-6-5-13(12-16(15)28-2)7-9-21-17(24)4-3-10-23-19(25)18-14(8-11-29-18)22-20(23)26/h5-6,8,11-12H,3-4,7,9-10H2,1-2H3,(H,21,24)(H,22,26). The number of rotatable bonds is 9. The van der Waals surface area contributed by atoms with Crippen molar-refractivity contribution in [3.05, 3.63) is 56.0 Å². The molecule has 3 aromatic rings. The quantitative estimate of drug-likeness (QED) is 0.554. The Hall–Kier alpha value is -3.07.